The van der Waals surface area contributed by atoms with E-state index in [9.17, 15) is 27.9 Å². The number of sulfonamides is 1. The molecule has 4 aliphatic rings. The van der Waals surface area contributed by atoms with Gasteiger partial charge in [0, 0.05) is 68.3 Å². The molecule has 3 aromatic heterocycles. The zero-order chi connectivity index (χ0) is 49.1. The smallest absolute Gasteiger partial charge is 0.268 e. The molecule has 10 rings (SSSR count). The number of aromatic nitrogens is 3. The number of carbonyl (C=O) groups is 1. The average Bonchev–Trinajstić information content (AvgIpc) is 3.96. The summed E-state index contributed by atoms with van der Waals surface area (Å²) in [6, 6.07) is 19.7. The summed E-state index contributed by atoms with van der Waals surface area (Å²) in [6.45, 7) is 10.4. The van der Waals surface area contributed by atoms with Crippen molar-refractivity contribution >= 4 is 54.9 Å². The number of amides is 1. The van der Waals surface area contributed by atoms with Crippen molar-refractivity contribution in [1.29, 1.82) is 0 Å². The van der Waals surface area contributed by atoms with Crippen LogP contribution in [0.25, 0.3) is 21.9 Å². The Morgan fingerprint density at radius 2 is 1.74 bits per heavy atom. The van der Waals surface area contributed by atoms with E-state index in [2.05, 4.69) is 72.9 Å². The fourth-order valence-corrected chi connectivity index (χ4v) is 12.9. The quantitative estimate of drug-likeness (QED) is 0.0637. The van der Waals surface area contributed by atoms with Gasteiger partial charge in [0.15, 0.2) is 5.75 Å². The van der Waals surface area contributed by atoms with E-state index in [-0.39, 0.29) is 55.2 Å². The molecule has 3 aromatic carbocycles. The zero-order valence-corrected chi connectivity index (χ0v) is 40.9. The monoisotopic (exact) mass is 975 g/mol. The summed E-state index contributed by atoms with van der Waals surface area (Å²) >= 11 is 0. The summed E-state index contributed by atoms with van der Waals surface area (Å²) in [4.78, 5) is 29.8. The van der Waals surface area contributed by atoms with Crippen molar-refractivity contribution in [3.8, 4) is 11.5 Å². The second kappa shape index (κ2) is 18.7. The zero-order valence-electron chi connectivity index (χ0n) is 40.1. The summed E-state index contributed by atoms with van der Waals surface area (Å²) < 4.78 is 67.4. The second-order valence-electron chi connectivity index (χ2n) is 20.8. The maximum absolute atomic E-state index is 15.6. The Kier molecular flexibility index (Phi) is 12.8. The highest BCUT2D eigenvalue weighted by molar-refractivity contribution is 7.90. The van der Waals surface area contributed by atoms with Crippen molar-refractivity contribution < 1.29 is 31.8 Å². The molecule has 2 saturated heterocycles. The lowest BCUT2D eigenvalue weighted by Crippen LogP contribution is -2.63. The molecule has 1 spiro atoms. The third kappa shape index (κ3) is 9.28. The minimum absolute atomic E-state index is 0.00127. The molecule has 0 unspecified atom stereocenters. The van der Waals surface area contributed by atoms with Gasteiger partial charge in [-0.05, 0) is 136 Å². The predicted molar refractivity (Wildman–Crippen MR) is 268 cm³/mol. The molecule has 370 valence electrons. The van der Waals surface area contributed by atoms with Crippen molar-refractivity contribution in [3.63, 3.8) is 0 Å². The first-order valence-corrected chi connectivity index (χ1v) is 26.1. The molecule has 17 heteroatoms. The van der Waals surface area contributed by atoms with Gasteiger partial charge in [-0.1, -0.05) is 44.5 Å². The molecule has 5 heterocycles. The SMILES string of the molecule is CC(C)c1ccccc1[C@@H]1CCC[C@@H]1N1CC2(CCN(c3ccc(C(=O)NS(=O)(=O)c4cc(N(C)[O-])c(NCC5CCC(C)(O)CC5)c5ncccc45)c(Oc4cc5c(F)c[nH]c5nc4F)c3)CC2)C1. The van der Waals surface area contributed by atoms with Crippen LogP contribution in [-0.4, -0.2) is 90.7 Å². The van der Waals surface area contributed by atoms with Crippen molar-refractivity contribution in [2.45, 2.75) is 107 Å². The number of aliphatic hydroxyl groups is 1. The van der Waals surface area contributed by atoms with Crippen LogP contribution >= 0.6 is 0 Å². The van der Waals surface area contributed by atoms with E-state index >= 15 is 4.39 Å². The number of halogens is 2. The van der Waals surface area contributed by atoms with Crippen LogP contribution in [0.15, 0.2) is 84.0 Å². The first-order chi connectivity index (χ1) is 33.5. The van der Waals surface area contributed by atoms with E-state index in [0.717, 1.165) is 64.1 Å². The number of fused-ring (bicyclic) bond motifs is 2. The van der Waals surface area contributed by atoms with Gasteiger partial charge in [-0.25, -0.2) is 17.5 Å². The summed E-state index contributed by atoms with van der Waals surface area (Å²) in [5.74, 6) is -2.25. The first-order valence-electron chi connectivity index (χ1n) is 24.6. The number of nitrogens with zero attached hydrogens (tertiary/aromatic N) is 5. The number of pyridine rings is 2. The minimum atomic E-state index is -4.73. The number of hydrogen-bond donors (Lipinski definition) is 4. The number of carbonyl (C=O) groups excluding carboxylic acids is 1. The number of likely N-dealkylation sites (tertiary alicyclic amines) is 1. The molecule has 2 aliphatic carbocycles. The van der Waals surface area contributed by atoms with Crippen molar-refractivity contribution in [3.05, 3.63) is 113 Å². The standard InChI is InChI=1S/C53H61F2N8O6S/c1-32(2)35-9-5-6-10-36(35)37-11-7-13-42(37)63-30-53(31-63)20-23-62(24-21-53)34-14-15-38(44(25-34)69-45-26-40-41(54)29-58-50(40)59-49(45)55)51(64)60-70(67,68)46-27-43(61(4)66)48(47-39(46)12-8-22-56-47)57-28-33-16-18-52(3,65)19-17-33/h5-6,8-10,12,14-15,22,25-27,29,32-33,37,42,57,65H,7,11,13,16-21,23-24,28,30-31H2,1-4H3,(H,58,59)(H,60,64)/q-1/t33?,37-,42-,52?/m0/s1. The Morgan fingerprint density at radius 1 is 0.986 bits per heavy atom. The summed E-state index contributed by atoms with van der Waals surface area (Å²) in [7, 11) is -3.48. The highest BCUT2D eigenvalue weighted by Crippen LogP contribution is 2.49. The van der Waals surface area contributed by atoms with Crippen molar-refractivity contribution in [1.82, 2.24) is 24.6 Å². The summed E-state index contributed by atoms with van der Waals surface area (Å²) in [5, 5.41) is 27.6. The van der Waals surface area contributed by atoms with E-state index < -0.39 is 39.0 Å². The van der Waals surface area contributed by atoms with Gasteiger partial charge in [-0.15, -0.1) is 0 Å². The topological polar surface area (TPSA) is 179 Å². The van der Waals surface area contributed by atoms with Crippen LogP contribution < -0.4 is 24.7 Å². The van der Waals surface area contributed by atoms with Gasteiger partial charge >= 0.3 is 0 Å². The highest BCUT2D eigenvalue weighted by atomic mass is 32.2. The number of nitrogens with one attached hydrogen (secondary N) is 3. The second-order valence-corrected chi connectivity index (χ2v) is 22.4. The lowest BCUT2D eigenvalue weighted by molar-refractivity contribution is -0.0493. The minimum Gasteiger partial charge on any atom is -0.758 e. The molecular formula is C53H61F2N8O6S-. The van der Waals surface area contributed by atoms with E-state index in [0.29, 0.717) is 53.7 Å². The third-order valence-electron chi connectivity index (χ3n) is 15.6. The molecule has 6 aromatic rings. The van der Waals surface area contributed by atoms with Gasteiger partial charge in [0.05, 0.1) is 38.3 Å². The van der Waals surface area contributed by atoms with Crippen LogP contribution in [0, 0.1) is 28.3 Å². The van der Waals surface area contributed by atoms with Gasteiger partial charge < -0.3 is 35.3 Å². The summed E-state index contributed by atoms with van der Waals surface area (Å²) in [5.41, 5.74) is 3.39. The number of benzene rings is 3. The van der Waals surface area contributed by atoms with Gasteiger partial charge in [0.2, 0.25) is 0 Å². The van der Waals surface area contributed by atoms with E-state index in [1.165, 1.54) is 55.8 Å². The Morgan fingerprint density at radius 3 is 2.49 bits per heavy atom. The number of rotatable bonds is 13. The Hall–Kier alpha value is -5.88. The molecule has 4 N–H and O–H groups in total. The molecular weight excluding hydrogens is 915 g/mol. The molecule has 2 atom stereocenters. The molecule has 2 aliphatic heterocycles. The van der Waals surface area contributed by atoms with Gasteiger partial charge in [-0.2, -0.15) is 9.37 Å². The maximum atomic E-state index is 15.6. The molecule has 2 saturated carbocycles. The Balaban J connectivity index is 0.898. The van der Waals surface area contributed by atoms with Crippen LogP contribution in [0.1, 0.15) is 112 Å². The van der Waals surface area contributed by atoms with Gasteiger partial charge in [0.25, 0.3) is 21.9 Å². The number of anilines is 3. The average molecular weight is 976 g/mol. The number of hydroxylamine groups is 1. The number of piperidine rings is 1. The molecule has 1 amide bonds. The predicted octanol–water partition coefficient (Wildman–Crippen LogP) is 9.95. The third-order valence-corrected chi connectivity index (χ3v) is 17.0. The fraction of sp³-hybridized carbons (Fsp3) is 0.453. The van der Waals surface area contributed by atoms with E-state index in [4.69, 9.17) is 4.74 Å². The molecule has 0 radical (unpaired) electrons. The Bertz CT molecular complexity index is 3050. The molecule has 14 nitrogen and oxygen atoms in total. The van der Waals surface area contributed by atoms with E-state index in [1.807, 2.05) is 6.92 Å². The van der Waals surface area contributed by atoms with Gasteiger partial charge in [0.1, 0.15) is 17.2 Å². The molecule has 70 heavy (non-hydrogen) atoms. The molecule has 4 fully saturated rings. The summed E-state index contributed by atoms with van der Waals surface area (Å²) in [6.07, 6.45) is 10.9. The lowest BCUT2D eigenvalue weighted by Gasteiger charge is -2.57. The number of aromatic amines is 1. The van der Waals surface area contributed by atoms with Gasteiger partial charge in [-0.3, -0.25) is 14.7 Å². The van der Waals surface area contributed by atoms with Crippen molar-refractivity contribution in [2.75, 3.05) is 55.1 Å². The van der Waals surface area contributed by atoms with Crippen molar-refractivity contribution in [2.24, 2.45) is 11.3 Å². The van der Waals surface area contributed by atoms with E-state index in [1.54, 1.807) is 24.3 Å². The number of H-pyrrole nitrogens is 1. The van der Waals surface area contributed by atoms with Crippen LogP contribution in [0.3, 0.4) is 0 Å². The van der Waals surface area contributed by atoms with Crippen LogP contribution in [-0.2, 0) is 10.0 Å². The van der Waals surface area contributed by atoms with Crippen LogP contribution in [0.4, 0.5) is 25.8 Å². The number of ether oxygens (including phenoxy) is 1. The molecule has 0 bridgehead atoms. The largest absolute Gasteiger partial charge is 0.758 e. The normalized spacial score (nSPS) is 22.7. The lowest BCUT2D eigenvalue weighted by atomic mass is 9.70. The maximum Gasteiger partial charge on any atom is 0.268 e. The number of hydrogen-bond acceptors (Lipinski definition) is 12. The van der Waals surface area contributed by atoms with Crippen LogP contribution in [0.2, 0.25) is 0 Å². The Labute approximate surface area is 407 Å². The highest BCUT2D eigenvalue weighted by Gasteiger charge is 2.49. The fourth-order valence-electron chi connectivity index (χ4n) is 11.7. The van der Waals surface area contributed by atoms with Crippen LogP contribution in [0.5, 0.6) is 11.5 Å². The first kappa shape index (κ1) is 47.8.